The number of nitrogens with two attached hydrogens (primary N) is 1. The highest BCUT2D eigenvalue weighted by atomic mass is 79.9. The molecular weight excluding hydrogens is 346 g/mol. The Labute approximate surface area is 126 Å². The van der Waals surface area contributed by atoms with Gasteiger partial charge in [0.25, 0.3) is 0 Å². The molecule has 1 aliphatic heterocycles. The number of nitrogen functional groups attached to an aromatic ring is 1. The molecule has 0 aliphatic carbocycles. The number of sulfonamides is 1. The fourth-order valence-electron chi connectivity index (χ4n) is 2.10. The first-order valence-electron chi connectivity index (χ1n) is 6.13. The Balaban J connectivity index is 2.24. The van der Waals surface area contributed by atoms with Crippen LogP contribution in [0, 0.1) is 0 Å². The predicted octanol–water partition coefficient (Wildman–Crippen LogP) is 0.884. The van der Waals surface area contributed by atoms with Crippen molar-refractivity contribution in [2.75, 3.05) is 31.9 Å². The number of hydrogen-bond donors (Lipinski definition) is 1. The standard InChI is InChI=1S/C12H16BrN3O3S/c1-9(17)15-4-6-16(7-5-15)20(18,19)12-8-10(14)2-3-11(12)13/h2-3,8H,4-7,14H2,1H3. The van der Waals surface area contributed by atoms with E-state index in [4.69, 9.17) is 5.73 Å². The highest BCUT2D eigenvalue weighted by Crippen LogP contribution is 2.27. The van der Waals surface area contributed by atoms with Crippen molar-refractivity contribution >= 4 is 37.5 Å². The number of rotatable bonds is 2. The van der Waals surface area contributed by atoms with E-state index in [0.29, 0.717) is 36.3 Å². The molecule has 0 spiro atoms. The largest absolute Gasteiger partial charge is 0.399 e. The lowest BCUT2D eigenvalue weighted by Crippen LogP contribution is -2.49. The first-order chi connectivity index (χ1) is 9.32. The highest BCUT2D eigenvalue weighted by molar-refractivity contribution is 9.10. The normalized spacial score (nSPS) is 17.2. The fourth-order valence-corrected chi connectivity index (χ4v) is 4.48. The molecule has 1 aromatic carbocycles. The lowest BCUT2D eigenvalue weighted by molar-refractivity contribution is -0.129. The zero-order valence-corrected chi connectivity index (χ0v) is 13.4. The van der Waals surface area contributed by atoms with Crippen molar-refractivity contribution < 1.29 is 13.2 Å². The molecule has 0 unspecified atom stereocenters. The molecule has 1 heterocycles. The van der Waals surface area contributed by atoms with Gasteiger partial charge in [-0.25, -0.2) is 8.42 Å². The van der Waals surface area contributed by atoms with Gasteiger partial charge in [0.05, 0.1) is 4.90 Å². The van der Waals surface area contributed by atoms with Crippen LogP contribution in [0.5, 0.6) is 0 Å². The Hall–Kier alpha value is -1.12. The van der Waals surface area contributed by atoms with Crippen molar-refractivity contribution in [2.45, 2.75) is 11.8 Å². The van der Waals surface area contributed by atoms with Gasteiger partial charge in [0.1, 0.15) is 0 Å². The second-order valence-electron chi connectivity index (χ2n) is 4.60. The van der Waals surface area contributed by atoms with E-state index in [2.05, 4.69) is 15.9 Å². The van der Waals surface area contributed by atoms with Crippen LogP contribution in [0.2, 0.25) is 0 Å². The molecule has 2 rings (SSSR count). The van der Waals surface area contributed by atoms with E-state index < -0.39 is 10.0 Å². The first-order valence-corrected chi connectivity index (χ1v) is 8.36. The molecule has 1 aromatic rings. The fraction of sp³-hybridized carbons (Fsp3) is 0.417. The monoisotopic (exact) mass is 361 g/mol. The van der Waals surface area contributed by atoms with Gasteiger partial charge in [0.2, 0.25) is 15.9 Å². The van der Waals surface area contributed by atoms with Gasteiger partial charge in [-0.1, -0.05) is 0 Å². The van der Waals surface area contributed by atoms with Crippen LogP contribution >= 0.6 is 15.9 Å². The van der Waals surface area contributed by atoms with Gasteiger partial charge in [-0.05, 0) is 34.1 Å². The van der Waals surface area contributed by atoms with Crippen LogP contribution in [0.15, 0.2) is 27.6 Å². The maximum Gasteiger partial charge on any atom is 0.244 e. The number of amides is 1. The van der Waals surface area contributed by atoms with Crippen LogP contribution < -0.4 is 5.73 Å². The summed E-state index contributed by atoms with van der Waals surface area (Å²) in [5.41, 5.74) is 6.06. The Morgan fingerprint density at radius 1 is 1.25 bits per heavy atom. The molecule has 0 saturated carbocycles. The van der Waals surface area contributed by atoms with Crippen LogP contribution in [0.25, 0.3) is 0 Å². The number of nitrogens with zero attached hydrogens (tertiary/aromatic N) is 2. The molecule has 8 heteroatoms. The van der Waals surface area contributed by atoms with E-state index in [1.165, 1.54) is 17.3 Å². The van der Waals surface area contributed by atoms with Crippen molar-refractivity contribution in [3.63, 3.8) is 0 Å². The molecule has 6 nitrogen and oxygen atoms in total. The van der Waals surface area contributed by atoms with Gasteiger partial charge in [-0.3, -0.25) is 4.79 Å². The molecule has 110 valence electrons. The number of piperazine rings is 1. The Morgan fingerprint density at radius 2 is 1.85 bits per heavy atom. The van der Waals surface area contributed by atoms with Crippen molar-refractivity contribution in [3.05, 3.63) is 22.7 Å². The van der Waals surface area contributed by atoms with E-state index in [9.17, 15) is 13.2 Å². The maximum absolute atomic E-state index is 12.6. The molecule has 0 aromatic heterocycles. The minimum absolute atomic E-state index is 0.0350. The van der Waals surface area contributed by atoms with Gasteiger partial charge in [0.15, 0.2) is 0 Å². The van der Waals surface area contributed by atoms with Crippen LogP contribution in [0.4, 0.5) is 5.69 Å². The summed E-state index contributed by atoms with van der Waals surface area (Å²) >= 11 is 3.24. The van der Waals surface area contributed by atoms with E-state index >= 15 is 0 Å². The average Bonchev–Trinajstić information content (AvgIpc) is 2.41. The first kappa shape index (κ1) is 15.3. The minimum atomic E-state index is -3.60. The summed E-state index contributed by atoms with van der Waals surface area (Å²) < 4.78 is 27.0. The summed E-state index contributed by atoms with van der Waals surface area (Å²) in [4.78, 5) is 13.1. The van der Waals surface area contributed by atoms with Crippen LogP contribution in [-0.4, -0.2) is 49.7 Å². The summed E-state index contributed by atoms with van der Waals surface area (Å²) in [6.07, 6.45) is 0. The third-order valence-electron chi connectivity index (χ3n) is 3.26. The van der Waals surface area contributed by atoms with Crippen molar-refractivity contribution in [1.29, 1.82) is 0 Å². The zero-order chi connectivity index (χ0) is 14.9. The summed E-state index contributed by atoms with van der Waals surface area (Å²) in [5.74, 6) is -0.0350. The number of halogens is 1. The number of carbonyl (C=O) groups excluding carboxylic acids is 1. The van der Waals surface area contributed by atoms with Crippen LogP contribution in [0.3, 0.4) is 0 Å². The van der Waals surface area contributed by atoms with Crippen LogP contribution in [0.1, 0.15) is 6.92 Å². The van der Waals surface area contributed by atoms with E-state index in [1.54, 1.807) is 17.0 Å². The molecule has 1 fully saturated rings. The average molecular weight is 362 g/mol. The van der Waals surface area contributed by atoms with E-state index in [0.717, 1.165) is 0 Å². The van der Waals surface area contributed by atoms with E-state index in [1.807, 2.05) is 0 Å². The quantitative estimate of drug-likeness (QED) is 0.792. The second-order valence-corrected chi connectivity index (χ2v) is 7.36. The summed E-state index contributed by atoms with van der Waals surface area (Å²) in [6, 6.07) is 4.70. The lowest BCUT2D eigenvalue weighted by atomic mass is 10.3. The Morgan fingerprint density at radius 3 is 2.40 bits per heavy atom. The minimum Gasteiger partial charge on any atom is -0.399 e. The molecule has 2 N–H and O–H groups in total. The molecule has 1 aliphatic rings. The molecule has 0 radical (unpaired) electrons. The zero-order valence-electron chi connectivity index (χ0n) is 11.0. The number of hydrogen-bond acceptors (Lipinski definition) is 4. The Bertz CT molecular complexity index is 625. The smallest absolute Gasteiger partial charge is 0.244 e. The van der Waals surface area contributed by atoms with Gasteiger partial charge < -0.3 is 10.6 Å². The molecule has 1 saturated heterocycles. The molecule has 20 heavy (non-hydrogen) atoms. The summed E-state index contributed by atoms with van der Waals surface area (Å²) in [7, 11) is -3.60. The third kappa shape index (κ3) is 2.97. The number of anilines is 1. The van der Waals surface area contributed by atoms with Gasteiger partial charge in [0, 0.05) is 43.3 Å². The second kappa shape index (κ2) is 5.71. The topological polar surface area (TPSA) is 83.7 Å². The maximum atomic E-state index is 12.6. The molecular formula is C12H16BrN3O3S. The van der Waals surface area contributed by atoms with Gasteiger partial charge >= 0.3 is 0 Å². The third-order valence-corrected chi connectivity index (χ3v) is 6.15. The molecule has 1 amide bonds. The van der Waals surface area contributed by atoms with Crippen molar-refractivity contribution in [1.82, 2.24) is 9.21 Å². The van der Waals surface area contributed by atoms with Gasteiger partial charge in [-0.2, -0.15) is 4.31 Å². The predicted molar refractivity (Wildman–Crippen MR) is 79.6 cm³/mol. The molecule has 0 bridgehead atoms. The Kier molecular flexibility index (Phi) is 4.36. The van der Waals surface area contributed by atoms with E-state index in [-0.39, 0.29) is 10.8 Å². The molecule has 0 atom stereocenters. The lowest BCUT2D eigenvalue weighted by Gasteiger charge is -2.33. The number of carbonyl (C=O) groups is 1. The summed E-state index contributed by atoms with van der Waals surface area (Å²) in [6.45, 7) is 2.90. The van der Waals surface area contributed by atoms with Gasteiger partial charge in [-0.15, -0.1) is 0 Å². The number of benzene rings is 1. The summed E-state index contributed by atoms with van der Waals surface area (Å²) in [5, 5.41) is 0. The van der Waals surface area contributed by atoms with Crippen LogP contribution in [-0.2, 0) is 14.8 Å². The highest BCUT2D eigenvalue weighted by Gasteiger charge is 2.30. The van der Waals surface area contributed by atoms with Crippen molar-refractivity contribution in [2.24, 2.45) is 0 Å². The SMILES string of the molecule is CC(=O)N1CCN(S(=O)(=O)c2cc(N)ccc2Br)CC1. The van der Waals surface area contributed by atoms with Crippen molar-refractivity contribution in [3.8, 4) is 0 Å².